The molecule has 1 spiro atoms. The fourth-order valence-corrected chi connectivity index (χ4v) is 8.03. The Balaban J connectivity index is 2.13. The second kappa shape index (κ2) is 8.43. The Bertz CT molecular complexity index is 764. The summed E-state index contributed by atoms with van der Waals surface area (Å²) >= 11 is 1.52. The van der Waals surface area contributed by atoms with Crippen LogP contribution in [-0.2, 0) is 14.4 Å². The number of aliphatic hydroxyl groups excluding tert-OH is 1. The second-order valence-electron chi connectivity index (χ2n) is 10.5. The van der Waals surface area contributed by atoms with Gasteiger partial charge in [-0.15, -0.1) is 18.3 Å². The summed E-state index contributed by atoms with van der Waals surface area (Å²) in [5.41, 5.74) is -0.491. The summed E-state index contributed by atoms with van der Waals surface area (Å²) in [7, 11) is 0. The van der Waals surface area contributed by atoms with Crippen molar-refractivity contribution in [2.75, 3.05) is 13.2 Å². The summed E-state index contributed by atoms with van der Waals surface area (Å²) in [5, 5.41) is 20.0. The number of hydrogen-bond donors (Lipinski definition) is 2. The smallest absolute Gasteiger partial charge is 0.308 e. The number of carbonyl (C=O) groups excluding carboxylic acids is 2. The Labute approximate surface area is 189 Å². The van der Waals surface area contributed by atoms with E-state index in [0.717, 1.165) is 0 Å². The monoisotopic (exact) mass is 452 g/mol. The molecule has 3 heterocycles. The van der Waals surface area contributed by atoms with Gasteiger partial charge in [-0.2, -0.15) is 0 Å². The first-order valence-electron chi connectivity index (χ1n) is 11.2. The summed E-state index contributed by atoms with van der Waals surface area (Å²) in [5.74, 6) is -2.72. The number of likely N-dealkylation sites (tertiary alicyclic amines) is 1. The van der Waals surface area contributed by atoms with Crippen LogP contribution >= 0.6 is 11.8 Å². The Morgan fingerprint density at radius 3 is 2.52 bits per heavy atom. The highest BCUT2D eigenvalue weighted by atomic mass is 32.2. The molecule has 31 heavy (non-hydrogen) atoms. The number of amides is 2. The first kappa shape index (κ1) is 24.1. The van der Waals surface area contributed by atoms with Gasteiger partial charge in [-0.25, -0.2) is 0 Å². The Morgan fingerprint density at radius 1 is 1.39 bits per heavy atom. The molecule has 6 atom stereocenters. The van der Waals surface area contributed by atoms with E-state index in [1.165, 1.54) is 11.8 Å². The van der Waals surface area contributed by atoms with Crippen LogP contribution in [0, 0.1) is 17.8 Å². The van der Waals surface area contributed by atoms with Gasteiger partial charge in [0.15, 0.2) is 0 Å². The van der Waals surface area contributed by atoms with Gasteiger partial charge in [-0.05, 0) is 46.0 Å². The fraction of sp³-hybridized carbons (Fsp3) is 0.783. The zero-order chi connectivity index (χ0) is 23.3. The lowest BCUT2D eigenvalue weighted by atomic mass is 9.71. The van der Waals surface area contributed by atoms with Crippen molar-refractivity contribution < 1.29 is 24.6 Å². The number of carbonyl (C=O) groups is 3. The minimum atomic E-state index is -0.964. The van der Waals surface area contributed by atoms with Crippen molar-refractivity contribution in [3.05, 3.63) is 12.7 Å². The molecular weight excluding hydrogens is 416 g/mol. The van der Waals surface area contributed by atoms with Gasteiger partial charge in [0.05, 0.1) is 29.2 Å². The van der Waals surface area contributed by atoms with Crippen molar-refractivity contribution in [3.63, 3.8) is 0 Å². The van der Waals surface area contributed by atoms with Gasteiger partial charge in [-0.1, -0.05) is 19.9 Å². The number of nitrogens with zero attached hydrogens (tertiary/aromatic N) is 2. The second-order valence-corrected chi connectivity index (χ2v) is 12.1. The van der Waals surface area contributed by atoms with Crippen LogP contribution in [0.2, 0.25) is 0 Å². The number of carboxylic acids is 1. The lowest BCUT2D eigenvalue weighted by Gasteiger charge is -2.43. The van der Waals surface area contributed by atoms with Gasteiger partial charge < -0.3 is 20.0 Å². The molecule has 0 aromatic rings. The quantitative estimate of drug-likeness (QED) is 0.549. The molecule has 3 rings (SSSR count). The molecular formula is C23H36N2O5S. The van der Waals surface area contributed by atoms with Gasteiger partial charge >= 0.3 is 5.97 Å². The summed E-state index contributed by atoms with van der Waals surface area (Å²) in [6, 6.07) is -1.29. The summed E-state index contributed by atoms with van der Waals surface area (Å²) in [6.07, 6.45) is 3.56. The number of thioether (sulfide) groups is 1. The van der Waals surface area contributed by atoms with Gasteiger partial charge in [0.25, 0.3) is 0 Å². The molecule has 0 aliphatic carbocycles. The van der Waals surface area contributed by atoms with E-state index in [1.807, 2.05) is 34.6 Å². The summed E-state index contributed by atoms with van der Waals surface area (Å²) in [6.45, 7) is 13.7. The van der Waals surface area contributed by atoms with E-state index in [9.17, 15) is 24.6 Å². The van der Waals surface area contributed by atoms with Crippen LogP contribution in [0.25, 0.3) is 0 Å². The SMILES string of the molecule is C=CCN(C(=O)C1N([C@@H](CO)CC(C)C)C(=O)[C@@H]2[C@@H](C(=O)O)[C@H]3CCC12S3)C(C)(C)C. The Morgan fingerprint density at radius 2 is 2.03 bits per heavy atom. The molecule has 3 saturated heterocycles. The topological polar surface area (TPSA) is 98.2 Å². The normalized spacial score (nSPS) is 33.0. The van der Waals surface area contributed by atoms with Crippen LogP contribution < -0.4 is 0 Å². The van der Waals surface area contributed by atoms with Gasteiger partial charge in [0.1, 0.15) is 6.04 Å². The molecule has 0 saturated carbocycles. The number of aliphatic carboxylic acids is 1. The molecule has 3 aliphatic heterocycles. The lowest BCUT2D eigenvalue weighted by Crippen LogP contribution is -2.60. The third-order valence-electron chi connectivity index (χ3n) is 6.99. The molecule has 174 valence electrons. The maximum atomic E-state index is 14.1. The van der Waals surface area contributed by atoms with Crippen molar-refractivity contribution in [2.24, 2.45) is 17.8 Å². The summed E-state index contributed by atoms with van der Waals surface area (Å²) in [4.78, 5) is 43.3. The van der Waals surface area contributed by atoms with Crippen molar-refractivity contribution in [3.8, 4) is 0 Å². The van der Waals surface area contributed by atoms with Crippen LogP contribution in [0.15, 0.2) is 12.7 Å². The fourth-order valence-electron chi connectivity index (χ4n) is 5.84. The van der Waals surface area contributed by atoms with Crippen LogP contribution in [0.5, 0.6) is 0 Å². The van der Waals surface area contributed by atoms with Crippen molar-refractivity contribution in [2.45, 2.75) is 81.5 Å². The van der Waals surface area contributed by atoms with Crippen molar-refractivity contribution in [1.29, 1.82) is 0 Å². The van der Waals surface area contributed by atoms with E-state index >= 15 is 0 Å². The maximum Gasteiger partial charge on any atom is 0.308 e. The predicted molar refractivity (Wildman–Crippen MR) is 121 cm³/mol. The highest BCUT2D eigenvalue weighted by Gasteiger charge is 2.74. The first-order chi connectivity index (χ1) is 14.4. The highest BCUT2D eigenvalue weighted by molar-refractivity contribution is 8.02. The van der Waals surface area contributed by atoms with Crippen LogP contribution in [0.3, 0.4) is 0 Å². The molecule has 2 bridgehead atoms. The number of hydrogen-bond acceptors (Lipinski definition) is 5. The van der Waals surface area contributed by atoms with Crippen molar-refractivity contribution in [1.82, 2.24) is 9.80 Å². The zero-order valence-electron chi connectivity index (χ0n) is 19.2. The molecule has 2 unspecified atom stereocenters. The van der Waals surface area contributed by atoms with E-state index < -0.39 is 40.2 Å². The molecule has 2 amide bonds. The standard InChI is InChI=1S/C23H36N2O5S/c1-7-10-24(22(4,5)6)20(28)18-23-9-8-15(31-23)16(21(29)30)17(23)19(27)25(18)14(12-26)11-13(2)3/h7,13-18,26H,1,8-12H2,2-6H3,(H,29,30)/t14-,15-,16+,17+,18?,23?/m1/s1. The average Bonchev–Trinajstić information content (AvgIpc) is 3.30. The predicted octanol–water partition coefficient (Wildman–Crippen LogP) is 2.38. The zero-order valence-corrected chi connectivity index (χ0v) is 20.0. The van der Waals surface area contributed by atoms with Crippen LogP contribution in [0.1, 0.15) is 53.9 Å². The molecule has 0 radical (unpaired) electrons. The third kappa shape index (κ3) is 3.80. The molecule has 0 aromatic carbocycles. The van der Waals surface area contributed by atoms with Crippen molar-refractivity contribution >= 4 is 29.5 Å². The highest BCUT2D eigenvalue weighted by Crippen LogP contribution is 2.66. The average molecular weight is 453 g/mol. The molecule has 3 fully saturated rings. The van der Waals surface area contributed by atoms with E-state index in [1.54, 1.807) is 15.9 Å². The molecule has 2 N–H and O–H groups in total. The Kier molecular flexibility index (Phi) is 6.55. The molecule has 0 aromatic heterocycles. The van der Waals surface area contributed by atoms with Gasteiger partial charge in [0.2, 0.25) is 11.8 Å². The van der Waals surface area contributed by atoms with Gasteiger partial charge in [-0.3, -0.25) is 14.4 Å². The van der Waals surface area contributed by atoms with Crippen LogP contribution in [-0.4, -0.2) is 78.6 Å². The van der Waals surface area contributed by atoms with E-state index in [4.69, 9.17) is 0 Å². The number of fused-ring (bicyclic) bond motifs is 1. The van der Waals surface area contributed by atoms with Crippen LogP contribution in [0.4, 0.5) is 0 Å². The largest absolute Gasteiger partial charge is 0.481 e. The van der Waals surface area contributed by atoms with E-state index in [-0.39, 0.29) is 29.6 Å². The minimum absolute atomic E-state index is 0.149. The van der Waals surface area contributed by atoms with E-state index in [0.29, 0.717) is 25.8 Å². The summed E-state index contributed by atoms with van der Waals surface area (Å²) < 4.78 is -0.753. The first-order valence-corrected chi connectivity index (χ1v) is 12.0. The number of aliphatic hydroxyl groups is 1. The van der Waals surface area contributed by atoms with Gasteiger partial charge in [0, 0.05) is 17.3 Å². The maximum absolute atomic E-state index is 14.1. The van der Waals surface area contributed by atoms with E-state index in [2.05, 4.69) is 6.58 Å². The lowest BCUT2D eigenvalue weighted by molar-refractivity contribution is -0.150. The third-order valence-corrected chi connectivity index (χ3v) is 8.94. The molecule has 3 aliphatic rings. The molecule has 7 nitrogen and oxygen atoms in total. The molecule has 8 heteroatoms. The number of carboxylic acid groups (broad SMARTS) is 1. The number of rotatable bonds is 8. The Hall–Kier alpha value is -1.54. The minimum Gasteiger partial charge on any atom is -0.481 e.